The summed E-state index contributed by atoms with van der Waals surface area (Å²) in [7, 11) is 0. The van der Waals surface area contributed by atoms with Gasteiger partial charge in [0.25, 0.3) is 0 Å². The largest absolute Gasteiger partial charge is 0.376 e. The van der Waals surface area contributed by atoms with E-state index in [2.05, 4.69) is 16.0 Å². The van der Waals surface area contributed by atoms with Crippen LogP contribution in [0.3, 0.4) is 0 Å². The summed E-state index contributed by atoms with van der Waals surface area (Å²) >= 11 is 0. The first-order chi connectivity index (χ1) is 12.0. The lowest BCUT2D eigenvalue weighted by Crippen LogP contribution is -2.22. The number of nitrogens with one attached hydrogen (secondary N) is 3. The summed E-state index contributed by atoms with van der Waals surface area (Å²) in [5.41, 5.74) is 4.43. The quantitative estimate of drug-likeness (QED) is 0.711. The number of benzene rings is 2. The molecule has 0 aliphatic rings. The molecule has 5 heteroatoms. The summed E-state index contributed by atoms with van der Waals surface area (Å²) in [5.74, 6) is -0.120. The topological polar surface area (TPSA) is 70.2 Å². The lowest BCUT2D eigenvalue weighted by Gasteiger charge is -2.13. The van der Waals surface area contributed by atoms with Crippen LogP contribution in [-0.4, -0.2) is 18.4 Å². The summed E-state index contributed by atoms with van der Waals surface area (Å²) in [6.07, 6.45) is 1.30. The van der Waals surface area contributed by atoms with E-state index in [1.54, 1.807) is 0 Å². The second kappa shape index (κ2) is 8.87. The van der Waals surface area contributed by atoms with Crippen molar-refractivity contribution in [3.8, 4) is 0 Å². The van der Waals surface area contributed by atoms with Gasteiger partial charge in [0.1, 0.15) is 0 Å². The maximum Gasteiger partial charge on any atom is 0.243 e. The standard InChI is InChI=1S/C20H25N3O2/c1-4-7-18(24)22-17-11-6-10-16(12-17)21-13-19(25)23-20-14(2)8-5-9-15(20)3/h5-6,8-12,21H,4,7,13H2,1-3H3,(H,22,24)(H,23,25). The molecule has 0 bridgehead atoms. The Bertz CT molecular complexity index is 736. The van der Waals surface area contributed by atoms with Crippen LogP contribution in [0.4, 0.5) is 17.1 Å². The Morgan fingerprint density at radius 2 is 1.52 bits per heavy atom. The first-order valence-corrected chi connectivity index (χ1v) is 8.49. The van der Waals surface area contributed by atoms with E-state index < -0.39 is 0 Å². The minimum Gasteiger partial charge on any atom is -0.376 e. The van der Waals surface area contributed by atoms with Gasteiger partial charge in [0.2, 0.25) is 11.8 Å². The molecule has 3 N–H and O–H groups in total. The summed E-state index contributed by atoms with van der Waals surface area (Å²) in [6, 6.07) is 13.3. The number of hydrogen-bond donors (Lipinski definition) is 3. The Labute approximate surface area is 148 Å². The third-order valence-corrected chi connectivity index (χ3v) is 3.82. The number of aryl methyl sites for hydroxylation is 2. The smallest absolute Gasteiger partial charge is 0.243 e. The van der Waals surface area contributed by atoms with Crippen LogP contribution in [0.15, 0.2) is 42.5 Å². The summed E-state index contributed by atoms with van der Waals surface area (Å²) in [6.45, 7) is 6.06. The van der Waals surface area contributed by atoms with E-state index in [9.17, 15) is 9.59 Å². The monoisotopic (exact) mass is 339 g/mol. The van der Waals surface area contributed by atoms with Crippen LogP contribution in [0.1, 0.15) is 30.9 Å². The molecule has 0 heterocycles. The lowest BCUT2D eigenvalue weighted by atomic mass is 10.1. The molecule has 2 aromatic carbocycles. The van der Waals surface area contributed by atoms with Crippen molar-refractivity contribution in [1.82, 2.24) is 0 Å². The van der Waals surface area contributed by atoms with E-state index >= 15 is 0 Å². The first-order valence-electron chi connectivity index (χ1n) is 8.49. The van der Waals surface area contributed by atoms with Crippen LogP contribution in [0.25, 0.3) is 0 Å². The van der Waals surface area contributed by atoms with Crippen molar-refractivity contribution in [3.05, 3.63) is 53.6 Å². The molecule has 0 fully saturated rings. The minimum absolute atomic E-state index is 0.00702. The van der Waals surface area contributed by atoms with Crippen LogP contribution >= 0.6 is 0 Å². The van der Waals surface area contributed by atoms with Gasteiger partial charge in [-0.05, 0) is 49.6 Å². The lowest BCUT2D eigenvalue weighted by molar-refractivity contribution is -0.116. The van der Waals surface area contributed by atoms with Gasteiger partial charge in [0.05, 0.1) is 6.54 Å². The number of anilines is 3. The molecular weight excluding hydrogens is 314 g/mol. The normalized spacial score (nSPS) is 10.2. The van der Waals surface area contributed by atoms with E-state index in [-0.39, 0.29) is 18.4 Å². The van der Waals surface area contributed by atoms with Crippen LogP contribution < -0.4 is 16.0 Å². The highest BCUT2D eigenvalue weighted by Gasteiger charge is 2.07. The Balaban J connectivity index is 1.92. The van der Waals surface area contributed by atoms with E-state index in [4.69, 9.17) is 0 Å². The van der Waals surface area contributed by atoms with E-state index in [0.717, 1.165) is 34.6 Å². The highest BCUT2D eigenvalue weighted by atomic mass is 16.2. The van der Waals surface area contributed by atoms with Crippen molar-refractivity contribution in [1.29, 1.82) is 0 Å². The SMILES string of the molecule is CCCC(=O)Nc1cccc(NCC(=O)Nc2c(C)cccc2C)c1. The Hall–Kier alpha value is -2.82. The fourth-order valence-electron chi connectivity index (χ4n) is 2.54. The van der Waals surface area contributed by atoms with Gasteiger partial charge in [-0.15, -0.1) is 0 Å². The van der Waals surface area contributed by atoms with Gasteiger partial charge < -0.3 is 16.0 Å². The average molecular weight is 339 g/mol. The van der Waals surface area contributed by atoms with Gasteiger partial charge in [0.15, 0.2) is 0 Å². The molecular formula is C20H25N3O2. The zero-order valence-corrected chi connectivity index (χ0v) is 15.0. The van der Waals surface area contributed by atoms with Gasteiger partial charge >= 0.3 is 0 Å². The second-order valence-corrected chi connectivity index (χ2v) is 6.05. The number of rotatable bonds is 7. The second-order valence-electron chi connectivity index (χ2n) is 6.05. The van der Waals surface area contributed by atoms with Crippen molar-refractivity contribution in [2.24, 2.45) is 0 Å². The van der Waals surface area contributed by atoms with Gasteiger partial charge in [0, 0.05) is 23.5 Å². The fraction of sp³-hybridized carbons (Fsp3) is 0.300. The molecule has 0 aliphatic heterocycles. The Kier molecular flexibility index (Phi) is 6.57. The number of carbonyl (C=O) groups excluding carboxylic acids is 2. The molecule has 5 nitrogen and oxygen atoms in total. The number of amides is 2. The number of para-hydroxylation sites is 1. The predicted octanol–water partition coefficient (Wildman–Crippen LogP) is 4.09. The first kappa shape index (κ1) is 18.5. The van der Waals surface area contributed by atoms with Crippen molar-refractivity contribution >= 4 is 28.9 Å². The Morgan fingerprint density at radius 1 is 0.880 bits per heavy atom. The number of hydrogen-bond acceptors (Lipinski definition) is 3. The van der Waals surface area contributed by atoms with Crippen LogP contribution in [0.2, 0.25) is 0 Å². The molecule has 0 atom stereocenters. The highest BCUT2D eigenvalue weighted by Crippen LogP contribution is 2.19. The molecule has 132 valence electrons. The number of carbonyl (C=O) groups is 2. The molecule has 2 aromatic rings. The molecule has 0 saturated heterocycles. The van der Waals surface area contributed by atoms with E-state index in [1.165, 1.54) is 0 Å². The van der Waals surface area contributed by atoms with Crippen LogP contribution in [0.5, 0.6) is 0 Å². The van der Waals surface area contributed by atoms with Crippen molar-refractivity contribution < 1.29 is 9.59 Å². The summed E-state index contributed by atoms with van der Waals surface area (Å²) in [5, 5.41) is 8.87. The fourth-order valence-corrected chi connectivity index (χ4v) is 2.54. The van der Waals surface area contributed by atoms with E-state index in [1.807, 2.05) is 63.2 Å². The molecule has 2 amide bonds. The van der Waals surface area contributed by atoms with Gasteiger partial charge in [-0.25, -0.2) is 0 Å². The van der Waals surface area contributed by atoms with E-state index in [0.29, 0.717) is 6.42 Å². The highest BCUT2D eigenvalue weighted by molar-refractivity contribution is 5.95. The van der Waals surface area contributed by atoms with Crippen LogP contribution in [0, 0.1) is 13.8 Å². The molecule has 0 aromatic heterocycles. The maximum atomic E-state index is 12.2. The summed E-state index contributed by atoms with van der Waals surface area (Å²) in [4.78, 5) is 23.9. The van der Waals surface area contributed by atoms with Crippen LogP contribution in [-0.2, 0) is 9.59 Å². The third-order valence-electron chi connectivity index (χ3n) is 3.82. The van der Waals surface area contributed by atoms with Crippen molar-refractivity contribution in [2.45, 2.75) is 33.6 Å². The molecule has 0 aliphatic carbocycles. The average Bonchev–Trinajstić information content (AvgIpc) is 2.57. The summed E-state index contributed by atoms with van der Waals surface area (Å²) < 4.78 is 0. The Morgan fingerprint density at radius 3 is 2.20 bits per heavy atom. The maximum absolute atomic E-state index is 12.2. The predicted molar refractivity (Wildman–Crippen MR) is 103 cm³/mol. The molecule has 0 spiro atoms. The zero-order chi connectivity index (χ0) is 18.2. The third kappa shape index (κ3) is 5.64. The van der Waals surface area contributed by atoms with Gasteiger partial charge in [-0.2, -0.15) is 0 Å². The molecule has 0 radical (unpaired) electrons. The molecule has 2 rings (SSSR count). The zero-order valence-electron chi connectivity index (χ0n) is 15.0. The minimum atomic E-state index is -0.113. The van der Waals surface area contributed by atoms with Gasteiger partial charge in [-0.3, -0.25) is 9.59 Å². The van der Waals surface area contributed by atoms with Crippen molar-refractivity contribution in [3.63, 3.8) is 0 Å². The molecule has 0 unspecified atom stereocenters. The van der Waals surface area contributed by atoms with Crippen molar-refractivity contribution in [2.75, 3.05) is 22.5 Å². The molecule has 0 saturated carbocycles. The molecule has 25 heavy (non-hydrogen) atoms. The van der Waals surface area contributed by atoms with Gasteiger partial charge in [-0.1, -0.05) is 31.2 Å².